The summed E-state index contributed by atoms with van der Waals surface area (Å²) < 4.78 is 0. The maximum atomic E-state index is 9.47. The van der Waals surface area contributed by atoms with Gasteiger partial charge in [0, 0.05) is 5.75 Å². The number of hydrogen-bond donors (Lipinski definition) is 2. The van der Waals surface area contributed by atoms with Gasteiger partial charge in [0.2, 0.25) is 0 Å². The molecule has 0 unspecified atom stereocenters. The molecular formula is C22H21N3OS. The van der Waals surface area contributed by atoms with Crippen LogP contribution in [-0.4, -0.2) is 16.5 Å². The Kier molecular flexibility index (Phi) is 6.79. The summed E-state index contributed by atoms with van der Waals surface area (Å²) in [7, 11) is 0. The number of amidine groups is 1. The number of benzene rings is 3. The van der Waals surface area contributed by atoms with Crippen LogP contribution in [-0.2, 0) is 12.4 Å². The SMILES string of the molecule is NC(=NN=Cc1ccc(-c2ccccc2CO)cc1)SCc1ccccc1. The maximum Gasteiger partial charge on any atom is 0.180 e. The minimum Gasteiger partial charge on any atom is -0.392 e. The molecule has 0 spiro atoms. The molecule has 0 aromatic heterocycles. The summed E-state index contributed by atoms with van der Waals surface area (Å²) in [5.74, 6) is 0.769. The fourth-order valence-electron chi connectivity index (χ4n) is 2.60. The van der Waals surface area contributed by atoms with Gasteiger partial charge in [-0.3, -0.25) is 0 Å². The van der Waals surface area contributed by atoms with E-state index in [1.54, 1.807) is 6.21 Å². The van der Waals surface area contributed by atoms with Crippen molar-refractivity contribution in [3.05, 3.63) is 95.6 Å². The molecule has 3 N–H and O–H groups in total. The lowest BCUT2D eigenvalue weighted by Crippen LogP contribution is -2.05. The molecular weight excluding hydrogens is 354 g/mol. The first-order valence-corrected chi connectivity index (χ1v) is 9.57. The number of hydrogen-bond acceptors (Lipinski definition) is 4. The summed E-state index contributed by atoms with van der Waals surface area (Å²) in [6, 6.07) is 25.9. The van der Waals surface area contributed by atoms with E-state index in [9.17, 15) is 5.11 Å². The van der Waals surface area contributed by atoms with E-state index >= 15 is 0 Å². The predicted molar refractivity (Wildman–Crippen MR) is 115 cm³/mol. The molecule has 0 aliphatic carbocycles. The van der Waals surface area contributed by atoms with Gasteiger partial charge < -0.3 is 10.8 Å². The van der Waals surface area contributed by atoms with Crippen molar-refractivity contribution in [2.45, 2.75) is 12.4 Å². The van der Waals surface area contributed by atoms with Crippen molar-refractivity contribution >= 4 is 23.1 Å². The molecule has 0 radical (unpaired) electrons. The summed E-state index contributed by atoms with van der Waals surface area (Å²) in [6.07, 6.45) is 1.68. The number of thioether (sulfide) groups is 1. The molecule has 0 aliphatic heterocycles. The fraction of sp³-hybridized carbons (Fsp3) is 0.0909. The minimum absolute atomic E-state index is 0.0218. The predicted octanol–water partition coefficient (Wildman–Crippen LogP) is 4.43. The van der Waals surface area contributed by atoms with E-state index in [2.05, 4.69) is 22.3 Å². The first-order valence-electron chi connectivity index (χ1n) is 8.58. The largest absolute Gasteiger partial charge is 0.392 e. The van der Waals surface area contributed by atoms with E-state index < -0.39 is 0 Å². The standard InChI is InChI=1S/C22H21N3OS/c23-22(27-16-18-6-2-1-3-7-18)25-24-14-17-10-12-19(13-11-17)21-9-5-4-8-20(21)15-26/h1-14,26H,15-16H2,(H2,23,25). The molecule has 5 heteroatoms. The Morgan fingerprint density at radius 1 is 0.926 bits per heavy atom. The zero-order valence-electron chi connectivity index (χ0n) is 14.8. The zero-order chi connectivity index (χ0) is 18.9. The molecule has 0 aliphatic rings. The topological polar surface area (TPSA) is 71.0 Å². The summed E-state index contributed by atoms with van der Waals surface area (Å²) in [5.41, 5.74) is 11.0. The first kappa shape index (κ1) is 18.9. The summed E-state index contributed by atoms with van der Waals surface area (Å²) in [6.45, 7) is 0.0218. The molecule has 0 atom stereocenters. The monoisotopic (exact) mass is 375 g/mol. The van der Waals surface area contributed by atoms with Gasteiger partial charge >= 0.3 is 0 Å². The van der Waals surface area contributed by atoms with Gasteiger partial charge in [0.05, 0.1) is 12.8 Å². The van der Waals surface area contributed by atoms with Crippen LogP contribution in [0.4, 0.5) is 0 Å². The van der Waals surface area contributed by atoms with Crippen LogP contribution >= 0.6 is 11.8 Å². The number of aliphatic hydroxyl groups excluding tert-OH is 1. The number of nitrogens with zero attached hydrogens (tertiary/aromatic N) is 2. The van der Waals surface area contributed by atoms with E-state index in [-0.39, 0.29) is 6.61 Å². The lowest BCUT2D eigenvalue weighted by Gasteiger charge is -2.07. The van der Waals surface area contributed by atoms with Crippen LogP contribution in [0, 0.1) is 0 Å². The molecule has 4 nitrogen and oxygen atoms in total. The molecule has 27 heavy (non-hydrogen) atoms. The van der Waals surface area contributed by atoms with Crippen LogP contribution in [0.5, 0.6) is 0 Å². The van der Waals surface area contributed by atoms with Crippen molar-refractivity contribution in [3.63, 3.8) is 0 Å². The third-order valence-corrected chi connectivity index (χ3v) is 4.86. The normalized spacial score (nSPS) is 11.8. The van der Waals surface area contributed by atoms with Crippen molar-refractivity contribution in [3.8, 4) is 11.1 Å². The van der Waals surface area contributed by atoms with E-state index in [4.69, 9.17) is 5.73 Å². The summed E-state index contributed by atoms with van der Waals surface area (Å²) in [4.78, 5) is 0. The summed E-state index contributed by atoms with van der Waals surface area (Å²) in [5, 5.41) is 18.0. The molecule has 0 amide bonds. The third kappa shape index (κ3) is 5.54. The zero-order valence-corrected chi connectivity index (χ0v) is 15.6. The Balaban J connectivity index is 1.60. The number of nitrogens with two attached hydrogens (primary N) is 1. The van der Waals surface area contributed by atoms with Crippen molar-refractivity contribution in [1.82, 2.24) is 0 Å². The minimum atomic E-state index is 0.0218. The van der Waals surface area contributed by atoms with Gasteiger partial charge in [0.1, 0.15) is 0 Å². The van der Waals surface area contributed by atoms with Gasteiger partial charge in [-0.15, -0.1) is 5.10 Å². The average molecular weight is 375 g/mol. The molecule has 0 saturated heterocycles. The summed E-state index contributed by atoms with van der Waals surface area (Å²) >= 11 is 1.46. The maximum absolute atomic E-state index is 9.47. The van der Waals surface area contributed by atoms with Gasteiger partial charge in [-0.25, -0.2) is 0 Å². The van der Waals surface area contributed by atoms with Gasteiger partial charge in [0.15, 0.2) is 5.17 Å². The second-order valence-electron chi connectivity index (χ2n) is 5.89. The van der Waals surface area contributed by atoms with E-state index in [1.165, 1.54) is 17.3 Å². The lowest BCUT2D eigenvalue weighted by atomic mass is 9.99. The Hall–Kier alpha value is -2.89. The Morgan fingerprint density at radius 3 is 2.37 bits per heavy atom. The average Bonchev–Trinajstić information content (AvgIpc) is 2.73. The van der Waals surface area contributed by atoms with Crippen molar-refractivity contribution in [2.24, 2.45) is 15.9 Å². The molecule has 0 bridgehead atoms. The van der Waals surface area contributed by atoms with Crippen molar-refractivity contribution in [1.29, 1.82) is 0 Å². The van der Waals surface area contributed by atoms with Crippen LogP contribution < -0.4 is 5.73 Å². The van der Waals surface area contributed by atoms with Gasteiger partial charge in [0.25, 0.3) is 0 Å². The van der Waals surface area contributed by atoms with Crippen LogP contribution in [0.2, 0.25) is 0 Å². The van der Waals surface area contributed by atoms with Crippen molar-refractivity contribution in [2.75, 3.05) is 0 Å². The van der Waals surface area contributed by atoms with Gasteiger partial charge in [-0.2, -0.15) is 5.10 Å². The second kappa shape index (κ2) is 9.71. The van der Waals surface area contributed by atoms with E-state index in [1.807, 2.05) is 66.7 Å². The molecule has 0 heterocycles. The third-order valence-electron chi connectivity index (χ3n) is 4.00. The smallest absolute Gasteiger partial charge is 0.180 e. The highest BCUT2D eigenvalue weighted by atomic mass is 32.2. The van der Waals surface area contributed by atoms with Gasteiger partial charge in [-0.05, 0) is 27.8 Å². The highest BCUT2D eigenvalue weighted by molar-refractivity contribution is 8.13. The number of rotatable bonds is 6. The van der Waals surface area contributed by atoms with Crippen LogP contribution in [0.15, 0.2) is 89.1 Å². The molecule has 3 aromatic rings. The van der Waals surface area contributed by atoms with Crippen molar-refractivity contribution < 1.29 is 5.11 Å². The number of aliphatic hydroxyl groups is 1. The van der Waals surface area contributed by atoms with Crippen LogP contribution in [0.3, 0.4) is 0 Å². The van der Waals surface area contributed by atoms with Crippen LogP contribution in [0.25, 0.3) is 11.1 Å². The first-order chi connectivity index (χ1) is 13.3. The molecule has 0 fully saturated rings. The highest BCUT2D eigenvalue weighted by Crippen LogP contribution is 2.23. The molecule has 3 aromatic carbocycles. The Morgan fingerprint density at radius 2 is 1.63 bits per heavy atom. The lowest BCUT2D eigenvalue weighted by molar-refractivity contribution is 0.282. The molecule has 0 saturated carbocycles. The highest BCUT2D eigenvalue weighted by Gasteiger charge is 2.03. The Bertz CT molecular complexity index is 922. The molecule has 136 valence electrons. The Labute approximate surface area is 163 Å². The van der Waals surface area contributed by atoms with E-state index in [0.29, 0.717) is 5.17 Å². The van der Waals surface area contributed by atoms with Crippen LogP contribution in [0.1, 0.15) is 16.7 Å². The quantitative estimate of drug-likeness (QED) is 0.380. The fourth-order valence-corrected chi connectivity index (χ4v) is 3.21. The van der Waals surface area contributed by atoms with Gasteiger partial charge in [-0.1, -0.05) is 90.6 Å². The van der Waals surface area contributed by atoms with E-state index in [0.717, 1.165) is 28.0 Å². The molecule has 3 rings (SSSR count). The second-order valence-corrected chi connectivity index (χ2v) is 6.89.